The molecule has 0 spiro atoms. The van der Waals surface area contributed by atoms with E-state index in [4.69, 9.17) is 0 Å². The second-order valence-corrected chi connectivity index (χ2v) is 31.8. The van der Waals surface area contributed by atoms with Crippen LogP contribution >= 0.6 is 22.7 Å². The second-order valence-electron chi connectivity index (χ2n) is 29.7. The molecule has 24 rings (SSSR count). The lowest BCUT2D eigenvalue weighted by molar-refractivity contribution is 1.18. The zero-order valence-corrected chi connectivity index (χ0v) is 63.5. The Labute approximate surface area is 665 Å². The van der Waals surface area contributed by atoms with Crippen molar-refractivity contribution < 1.29 is 0 Å². The van der Waals surface area contributed by atoms with E-state index in [0.717, 1.165) is 22.7 Å². The van der Waals surface area contributed by atoms with E-state index in [1.165, 1.54) is 194 Å². The topological polar surface area (TPSA) is 19.7 Å². The van der Waals surface area contributed by atoms with Gasteiger partial charge in [-0.3, -0.25) is 0 Å². The van der Waals surface area contributed by atoms with Crippen LogP contribution in [0.25, 0.3) is 217 Å². The van der Waals surface area contributed by atoms with Gasteiger partial charge in [-0.05, 0) is 171 Å². The molecule has 0 aliphatic heterocycles. The summed E-state index contributed by atoms with van der Waals surface area (Å²) < 4.78 is 15.0. The largest absolute Gasteiger partial charge is 0.309 e. The summed E-state index contributed by atoms with van der Waals surface area (Å²) in [6, 6.07) is 151. The van der Waals surface area contributed by atoms with Gasteiger partial charge in [-0.25, -0.2) is 0 Å². The molecule has 0 N–H and O–H groups in total. The molecule has 18 aromatic carbocycles. The quantitative estimate of drug-likeness (QED) is 0.130. The number of para-hydroxylation sites is 6. The van der Waals surface area contributed by atoms with Crippen LogP contribution in [0.5, 0.6) is 0 Å². The molecule has 0 amide bonds. The van der Waals surface area contributed by atoms with Crippen molar-refractivity contribution >= 4 is 150 Å². The van der Waals surface area contributed by atoms with Gasteiger partial charge in [0.2, 0.25) is 0 Å². The molecule has 4 nitrogen and oxygen atoms in total. The summed E-state index contributed by atoms with van der Waals surface area (Å²) in [5, 5.41) is 15.2. The Kier molecular flexibility index (Phi) is 15.3. The Hall–Kier alpha value is -14.4. The van der Waals surface area contributed by atoms with Crippen LogP contribution in [0.2, 0.25) is 0 Å². The van der Waals surface area contributed by atoms with Crippen molar-refractivity contribution in [2.75, 3.05) is 0 Å². The third-order valence-electron chi connectivity index (χ3n) is 23.4. The molecule has 0 unspecified atom stereocenters. The van der Waals surface area contributed by atoms with Gasteiger partial charge in [0.05, 0.1) is 44.1 Å². The highest BCUT2D eigenvalue weighted by Gasteiger charge is 2.26. The number of fused-ring (bicyclic) bond motifs is 18. The van der Waals surface area contributed by atoms with Crippen LogP contribution in [-0.2, 0) is 0 Å². The third-order valence-corrected chi connectivity index (χ3v) is 25.9. The fourth-order valence-electron chi connectivity index (χ4n) is 18.5. The summed E-state index contributed by atoms with van der Waals surface area (Å²) in [5.74, 6) is 0. The summed E-state index contributed by atoms with van der Waals surface area (Å²) in [6.07, 6.45) is 0. The number of benzene rings is 18. The Morgan fingerprint density at radius 3 is 0.816 bits per heavy atom. The minimum Gasteiger partial charge on any atom is -0.309 e. The Morgan fingerprint density at radius 2 is 0.421 bits per heavy atom. The van der Waals surface area contributed by atoms with E-state index in [2.05, 4.69) is 431 Å². The molecule has 6 heteroatoms. The fraction of sp³-hybridized carbons (Fsp3) is 0. The summed E-state index contributed by atoms with van der Waals surface area (Å²) in [7, 11) is 0. The Morgan fingerprint density at radius 1 is 0.149 bits per heavy atom. The van der Waals surface area contributed by atoms with Gasteiger partial charge < -0.3 is 18.3 Å². The minimum atomic E-state index is 1.16. The Balaban J connectivity index is 0.000000135. The molecule has 0 bridgehead atoms. The van der Waals surface area contributed by atoms with E-state index < -0.39 is 0 Å². The molecule has 6 aromatic heterocycles. The predicted octanol–water partition coefficient (Wildman–Crippen LogP) is 30.5. The molecule has 0 saturated carbocycles. The first-order chi connectivity index (χ1) is 56.6. The molecule has 24 aromatic rings. The van der Waals surface area contributed by atoms with Crippen molar-refractivity contribution in [2.45, 2.75) is 0 Å². The van der Waals surface area contributed by atoms with Crippen molar-refractivity contribution in [1.82, 2.24) is 18.3 Å². The second kappa shape index (κ2) is 26.7. The van der Waals surface area contributed by atoms with Gasteiger partial charge in [0.1, 0.15) is 0 Å². The van der Waals surface area contributed by atoms with Crippen LogP contribution in [0, 0.1) is 0 Å². The molecule has 6 heterocycles. The van der Waals surface area contributed by atoms with Crippen molar-refractivity contribution in [3.63, 3.8) is 0 Å². The first kappa shape index (κ1) is 65.5. The predicted molar refractivity (Wildman–Crippen MR) is 489 cm³/mol. The number of nitrogens with zero attached hydrogens (tertiary/aromatic N) is 4. The van der Waals surface area contributed by atoms with Gasteiger partial charge in [-0.2, -0.15) is 0 Å². The van der Waals surface area contributed by atoms with Gasteiger partial charge in [0, 0.05) is 117 Å². The fourth-order valence-corrected chi connectivity index (χ4v) is 21.0. The lowest BCUT2D eigenvalue weighted by Gasteiger charge is -2.14. The zero-order valence-electron chi connectivity index (χ0n) is 61.9. The molecule has 114 heavy (non-hydrogen) atoms. The summed E-state index contributed by atoms with van der Waals surface area (Å²) in [6.45, 7) is 0. The number of aromatic nitrogens is 4. The molecule has 0 atom stereocenters. The standard InChI is InChI=1S/2C54H34N2S/c1-3-16-35(17-4-1)36-18-13-19-37(32-36)45-33-39(34-46-40-22-9-12-31-51(40)57-54(45)46)56-48-28-11-8-24-44(48)53-42(26-15-30-50(53)56)41-25-14-29-49-52(41)43-23-7-10-27-47(43)55(49)38-20-5-2-6-21-38;1-3-15-35(16-4-1)36-29-31-37(32-30-36)45-33-39(34-46-40-19-9-12-28-51(40)57-54(45)46)56-48-25-11-8-21-44(48)53-42(23-14-27-50(53)56)41-22-13-26-49-52(41)43-20-7-10-24-47(43)55(49)38-17-5-2-6-18-38/h2*1-34H. The third kappa shape index (κ3) is 10.4. The van der Waals surface area contributed by atoms with Crippen LogP contribution in [0.4, 0.5) is 0 Å². The SMILES string of the molecule is c1ccc(-c2ccc(-c3cc(-n4c5ccccc5c5c(-c6cccc7c6c6ccccc6n7-c6ccccc6)cccc54)cc4c3sc3ccccc34)cc2)cc1.c1ccc(-c2cccc(-c3cc(-n4c5ccccc5c5c(-c6cccc7c6c6ccccc6n7-c6ccccc6)cccc54)cc4c3sc3ccccc34)c2)cc1. The first-order valence-electron chi connectivity index (χ1n) is 39.0. The maximum absolute atomic E-state index is 2.50. The number of hydrogen-bond acceptors (Lipinski definition) is 2. The highest BCUT2D eigenvalue weighted by Crippen LogP contribution is 2.50. The maximum atomic E-state index is 2.50. The summed E-state index contributed by atoms with van der Waals surface area (Å²) >= 11 is 3.78. The minimum absolute atomic E-state index is 1.16. The van der Waals surface area contributed by atoms with Crippen LogP contribution < -0.4 is 0 Å². The summed E-state index contributed by atoms with van der Waals surface area (Å²) in [4.78, 5) is 0. The molecule has 532 valence electrons. The highest BCUT2D eigenvalue weighted by atomic mass is 32.1. The highest BCUT2D eigenvalue weighted by molar-refractivity contribution is 7.26. The molecule has 0 aliphatic carbocycles. The lowest BCUT2D eigenvalue weighted by Crippen LogP contribution is -1.95. The van der Waals surface area contributed by atoms with Gasteiger partial charge in [-0.1, -0.05) is 297 Å². The molecule has 0 fully saturated rings. The van der Waals surface area contributed by atoms with Gasteiger partial charge in [0.15, 0.2) is 0 Å². The van der Waals surface area contributed by atoms with Crippen LogP contribution in [-0.4, -0.2) is 18.3 Å². The number of hydrogen-bond donors (Lipinski definition) is 0. The van der Waals surface area contributed by atoms with Crippen molar-refractivity contribution in [1.29, 1.82) is 0 Å². The van der Waals surface area contributed by atoms with E-state index >= 15 is 0 Å². The molecular weight excluding hydrogens is 1420 g/mol. The first-order valence-corrected chi connectivity index (χ1v) is 40.7. The average Bonchev–Trinajstić information content (AvgIpc) is 1.57. The summed E-state index contributed by atoms with van der Waals surface area (Å²) in [5.41, 5.74) is 29.1. The van der Waals surface area contributed by atoms with E-state index in [0.29, 0.717) is 0 Å². The molecule has 0 saturated heterocycles. The van der Waals surface area contributed by atoms with Crippen LogP contribution in [0.3, 0.4) is 0 Å². The van der Waals surface area contributed by atoms with E-state index in [1.807, 2.05) is 22.7 Å². The van der Waals surface area contributed by atoms with Crippen LogP contribution in [0.15, 0.2) is 413 Å². The number of thiophene rings is 2. The number of rotatable bonds is 10. The molecule has 0 aliphatic rings. The monoisotopic (exact) mass is 1480 g/mol. The van der Waals surface area contributed by atoms with E-state index in [-0.39, 0.29) is 0 Å². The van der Waals surface area contributed by atoms with Crippen molar-refractivity contribution in [3.8, 4) is 89.5 Å². The van der Waals surface area contributed by atoms with E-state index in [9.17, 15) is 0 Å². The van der Waals surface area contributed by atoms with E-state index in [1.54, 1.807) is 0 Å². The van der Waals surface area contributed by atoms with Gasteiger partial charge >= 0.3 is 0 Å². The lowest BCUT2D eigenvalue weighted by atomic mass is 9.95. The van der Waals surface area contributed by atoms with Crippen molar-refractivity contribution in [3.05, 3.63) is 413 Å². The zero-order chi connectivity index (χ0) is 74.9. The average molecular weight is 1490 g/mol. The van der Waals surface area contributed by atoms with Gasteiger partial charge in [-0.15, -0.1) is 22.7 Å². The van der Waals surface area contributed by atoms with Crippen LogP contribution in [0.1, 0.15) is 0 Å². The molecule has 0 radical (unpaired) electrons. The smallest absolute Gasteiger partial charge is 0.0547 e. The Bertz CT molecular complexity index is 7950. The molecular formula is C108H68N4S2. The van der Waals surface area contributed by atoms with Gasteiger partial charge in [0.25, 0.3) is 0 Å². The van der Waals surface area contributed by atoms with Crippen molar-refractivity contribution in [2.24, 2.45) is 0 Å². The normalized spacial score (nSPS) is 11.9. The maximum Gasteiger partial charge on any atom is 0.0547 e.